The molecule has 0 bridgehead atoms. The highest BCUT2D eigenvalue weighted by molar-refractivity contribution is 7.89. The van der Waals surface area contributed by atoms with E-state index in [0.29, 0.717) is 6.20 Å². The van der Waals surface area contributed by atoms with Gasteiger partial charge in [-0.1, -0.05) is 0 Å². The highest BCUT2D eigenvalue weighted by atomic mass is 32.2. The van der Waals surface area contributed by atoms with Crippen molar-refractivity contribution in [2.75, 3.05) is 0 Å². The summed E-state index contributed by atoms with van der Waals surface area (Å²) in [5, 5.41) is 8.53. The number of hydrogen-bond donors (Lipinski definition) is 4. The van der Waals surface area contributed by atoms with E-state index in [2.05, 4.69) is 0 Å². The molecule has 1 heterocycles. The molecule has 0 unspecified atom stereocenters. The van der Waals surface area contributed by atoms with Crippen molar-refractivity contribution in [3.05, 3.63) is 27.0 Å². The maximum absolute atomic E-state index is 11.6. The van der Waals surface area contributed by atoms with Crippen molar-refractivity contribution < 1.29 is 18.3 Å². The van der Waals surface area contributed by atoms with Gasteiger partial charge in [0.1, 0.15) is 6.04 Å². The number of sulfonamides is 1. The van der Waals surface area contributed by atoms with Gasteiger partial charge in [0.2, 0.25) is 10.0 Å². The molecule has 1 atom stereocenters. The molecule has 1 rings (SSSR count). The number of carbonyl (C=O) groups is 1. The van der Waals surface area contributed by atoms with Gasteiger partial charge in [0.15, 0.2) is 4.90 Å². The zero-order valence-electron chi connectivity index (χ0n) is 8.55. The highest BCUT2D eigenvalue weighted by Gasteiger charge is 2.24. The number of aromatic amines is 2. The van der Waals surface area contributed by atoms with Crippen LogP contribution in [0.1, 0.15) is 6.92 Å². The Balaban J connectivity index is 3.19. The van der Waals surface area contributed by atoms with Crippen LogP contribution in [0.5, 0.6) is 0 Å². The van der Waals surface area contributed by atoms with Crippen molar-refractivity contribution in [1.29, 1.82) is 0 Å². The van der Waals surface area contributed by atoms with Crippen molar-refractivity contribution in [3.63, 3.8) is 0 Å². The topological polar surface area (TPSA) is 149 Å². The van der Waals surface area contributed by atoms with Gasteiger partial charge in [-0.05, 0) is 6.92 Å². The normalized spacial score (nSPS) is 13.2. The van der Waals surface area contributed by atoms with Gasteiger partial charge in [-0.3, -0.25) is 14.6 Å². The molecule has 0 aliphatic heterocycles. The van der Waals surface area contributed by atoms with Crippen molar-refractivity contribution in [2.45, 2.75) is 17.9 Å². The number of carboxylic acid groups (broad SMARTS) is 1. The number of aromatic nitrogens is 2. The molecule has 0 spiro atoms. The average molecular weight is 263 g/mol. The quantitative estimate of drug-likeness (QED) is 0.485. The average Bonchev–Trinajstić information content (AvgIpc) is 2.15. The first-order valence-electron chi connectivity index (χ1n) is 4.31. The van der Waals surface area contributed by atoms with E-state index in [1.165, 1.54) is 0 Å². The third kappa shape index (κ3) is 3.01. The van der Waals surface area contributed by atoms with Crippen LogP contribution < -0.4 is 16.0 Å². The largest absolute Gasteiger partial charge is 0.480 e. The maximum Gasteiger partial charge on any atom is 0.325 e. The lowest BCUT2D eigenvalue weighted by Gasteiger charge is -2.08. The minimum atomic E-state index is -4.30. The van der Waals surface area contributed by atoms with E-state index in [1.807, 2.05) is 4.98 Å². The van der Waals surface area contributed by atoms with Crippen LogP contribution in [0.4, 0.5) is 0 Å². The molecule has 94 valence electrons. The predicted molar refractivity (Wildman–Crippen MR) is 55.1 cm³/mol. The van der Waals surface area contributed by atoms with Crippen LogP contribution in [0, 0.1) is 0 Å². The van der Waals surface area contributed by atoms with Crippen molar-refractivity contribution in [1.82, 2.24) is 14.7 Å². The van der Waals surface area contributed by atoms with Gasteiger partial charge in [-0.25, -0.2) is 13.2 Å². The lowest BCUT2D eigenvalue weighted by atomic mass is 10.4. The Bertz CT molecular complexity index is 642. The van der Waals surface area contributed by atoms with Crippen LogP contribution >= 0.6 is 0 Å². The minimum Gasteiger partial charge on any atom is -0.480 e. The summed E-state index contributed by atoms with van der Waals surface area (Å²) in [6.07, 6.45) is 0.693. The first-order chi connectivity index (χ1) is 7.74. The summed E-state index contributed by atoms with van der Waals surface area (Å²) in [6.45, 7) is 1.10. The van der Waals surface area contributed by atoms with Crippen LogP contribution in [0.3, 0.4) is 0 Å². The number of carboxylic acids is 1. The monoisotopic (exact) mass is 263 g/mol. The number of hydrogen-bond acceptors (Lipinski definition) is 5. The molecule has 1 aromatic heterocycles. The van der Waals surface area contributed by atoms with Crippen LogP contribution in [-0.4, -0.2) is 35.5 Å². The third-order valence-electron chi connectivity index (χ3n) is 1.78. The highest BCUT2D eigenvalue weighted by Crippen LogP contribution is 1.99. The van der Waals surface area contributed by atoms with Gasteiger partial charge in [-0.15, -0.1) is 0 Å². The molecule has 0 aliphatic rings. The molecule has 4 N–H and O–H groups in total. The second-order valence-corrected chi connectivity index (χ2v) is 4.80. The molecule has 1 aromatic rings. The zero-order chi connectivity index (χ0) is 13.2. The molecule has 17 heavy (non-hydrogen) atoms. The molecule has 0 aliphatic carbocycles. The lowest BCUT2D eigenvalue weighted by molar-refractivity contribution is -0.138. The summed E-state index contributed by atoms with van der Waals surface area (Å²) >= 11 is 0. The molecule has 0 fully saturated rings. The van der Waals surface area contributed by atoms with Gasteiger partial charge in [0.25, 0.3) is 5.56 Å². The molecule has 0 saturated carbocycles. The van der Waals surface area contributed by atoms with Crippen LogP contribution in [-0.2, 0) is 14.8 Å². The minimum absolute atomic E-state index is 0.693. The Hall–Kier alpha value is -1.94. The number of rotatable bonds is 4. The summed E-state index contributed by atoms with van der Waals surface area (Å²) in [6, 6.07) is -1.40. The number of H-pyrrole nitrogens is 2. The molecule has 9 nitrogen and oxygen atoms in total. The molecule has 10 heteroatoms. The number of nitrogens with one attached hydrogen (secondary N) is 3. The van der Waals surface area contributed by atoms with E-state index in [9.17, 15) is 22.8 Å². The smallest absolute Gasteiger partial charge is 0.325 e. The molecule has 0 aromatic carbocycles. The van der Waals surface area contributed by atoms with Gasteiger partial charge in [-0.2, -0.15) is 4.72 Å². The first kappa shape index (κ1) is 13.1. The fourth-order valence-corrected chi connectivity index (χ4v) is 2.15. The van der Waals surface area contributed by atoms with Gasteiger partial charge in [0.05, 0.1) is 0 Å². The summed E-state index contributed by atoms with van der Waals surface area (Å²) in [4.78, 5) is 35.3. The summed E-state index contributed by atoms with van der Waals surface area (Å²) in [7, 11) is -4.30. The Morgan fingerprint density at radius 3 is 2.53 bits per heavy atom. The molecular weight excluding hydrogens is 254 g/mol. The predicted octanol–water partition coefficient (Wildman–Crippen LogP) is -2.19. The Morgan fingerprint density at radius 2 is 2.06 bits per heavy atom. The summed E-state index contributed by atoms with van der Waals surface area (Å²) < 4.78 is 24.9. The van der Waals surface area contributed by atoms with Crippen molar-refractivity contribution in [2.24, 2.45) is 0 Å². The van der Waals surface area contributed by atoms with Gasteiger partial charge in [0, 0.05) is 6.20 Å². The van der Waals surface area contributed by atoms with Crippen molar-refractivity contribution >= 4 is 16.0 Å². The Morgan fingerprint density at radius 1 is 1.47 bits per heavy atom. The Labute approximate surface area is 94.6 Å². The number of aliphatic carboxylic acids is 1. The molecule has 0 amide bonds. The fraction of sp³-hybridized carbons (Fsp3) is 0.286. The summed E-state index contributed by atoms with van der Waals surface area (Å²) in [5.74, 6) is -1.39. The van der Waals surface area contributed by atoms with E-state index in [1.54, 1.807) is 9.71 Å². The standard InChI is InChI=1S/C7H9N3O6S/c1-3(6(12)13)10-17(15,16)4-2-8-7(14)9-5(4)11/h2-3,10H,1H3,(H,12,13)(H2,8,9,11,14)/t3-/m0/s1. The van der Waals surface area contributed by atoms with E-state index in [-0.39, 0.29) is 0 Å². The van der Waals surface area contributed by atoms with E-state index < -0.39 is 38.2 Å². The van der Waals surface area contributed by atoms with E-state index >= 15 is 0 Å². The molecular formula is C7H9N3O6S. The second-order valence-electron chi connectivity index (χ2n) is 3.12. The Kier molecular flexibility index (Phi) is 3.48. The van der Waals surface area contributed by atoms with Crippen LogP contribution in [0.2, 0.25) is 0 Å². The SMILES string of the molecule is C[C@H](NS(=O)(=O)c1c[nH]c(=O)[nH]c1=O)C(=O)O. The van der Waals surface area contributed by atoms with E-state index in [0.717, 1.165) is 6.92 Å². The zero-order valence-corrected chi connectivity index (χ0v) is 9.37. The third-order valence-corrected chi connectivity index (χ3v) is 3.32. The maximum atomic E-state index is 11.6. The van der Waals surface area contributed by atoms with Crippen molar-refractivity contribution in [3.8, 4) is 0 Å². The second kappa shape index (κ2) is 4.51. The van der Waals surface area contributed by atoms with Crippen LogP contribution in [0.15, 0.2) is 20.7 Å². The molecule has 0 radical (unpaired) electrons. The lowest BCUT2D eigenvalue weighted by Crippen LogP contribution is -2.41. The first-order valence-corrected chi connectivity index (χ1v) is 5.79. The summed E-state index contributed by atoms with van der Waals surface area (Å²) in [5.41, 5.74) is -1.99. The fourth-order valence-electron chi connectivity index (χ4n) is 0.944. The van der Waals surface area contributed by atoms with Crippen LogP contribution in [0.25, 0.3) is 0 Å². The van der Waals surface area contributed by atoms with Gasteiger partial charge >= 0.3 is 11.7 Å². The van der Waals surface area contributed by atoms with Gasteiger partial charge < -0.3 is 10.1 Å². The molecule has 0 saturated heterocycles. The van der Waals surface area contributed by atoms with E-state index in [4.69, 9.17) is 5.11 Å².